The predicted molar refractivity (Wildman–Crippen MR) is 96.2 cm³/mol. The molecule has 5 nitrogen and oxygen atoms in total. The Labute approximate surface area is 145 Å². The van der Waals surface area contributed by atoms with E-state index in [4.69, 9.17) is 17.0 Å². The van der Waals surface area contributed by atoms with E-state index in [9.17, 15) is 9.59 Å². The van der Waals surface area contributed by atoms with Crippen molar-refractivity contribution in [3.63, 3.8) is 0 Å². The van der Waals surface area contributed by atoms with Crippen LogP contribution in [0, 0.1) is 0 Å². The van der Waals surface area contributed by atoms with Crippen LogP contribution in [0.5, 0.6) is 0 Å². The molecule has 0 radical (unpaired) electrons. The Morgan fingerprint density at radius 3 is 2.78 bits per heavy atom. The molecule has 7 heteroatoms. The molecule has 126 valence electrons. The molecular formula is C16H22N2O3S2. The summed E-state index contributed by atoms with van der Waals surface area (Å²) in [6.07, 6.45) is 6.32. The van der Waals surface area contributed by atoms with Gasteiger partial charge in [0, 0.05) is 11.3 Å². The first kappa shape index (κ1) is 17.9. The maximum Gasteiger partial charge on any atom is 0.341 e. The molecule has 0 saturated heterocycles. The summed E-state index contributed by atoms with van der Waals surface area (Å²) in [6.45, 7) is 2.09. The van der Waals surface area contributed by atoms with E-state index in [1.807, 2.05) is 0 Å². The number of nitrogens with one attached hydrogen (secondary N) is 2. The topological polar surface area (TPSA) is 67.4 Å². The van der Waals surface area contributed by atoms with Gasteiger partial charge in [-0.15, -0.1) is 11.3 Å². The van der Waals surface area contributed by atoms with Gasteiger partial charge in [-0.1, -0.05) is 19.8 Å². The smallest absolute Gasteiger partial charge is 0.341 e. The van der Waals surface area contributed by atoms with Crippen molar-refractivity contribution in [2.45, 2.75) is 51.9 Å². The summed E-state index contributed by atoms with van der Waals surface area (Å²) in [5, 5.41) is 6.57. The van der Waals surface area contributed by atoms with Crippen LogP contribution in [0.2, 0.25) is 0 Å². The van der Waals surface area contributed by atoms with E-state index in [1.165, 1.54) is 23.3 Å². The molecule has 0 saturated carbocycles. The van der Waals surface area contributed by atoms with Crippen LogP contribution in [-0.2, 0) is 22.4 Å². The monoisotopic (exact) mass is 354 g/mol. The molecule has 0 aromatic carbocycles. The quantitative estimate of drug-likeness (QED) is 0.465. The van der Waals surface area contributed by atoms with Gasteiger partial charge in [-0.3, -0.25) is 4.79 Å². The number of hydrogen-bond acceptors (Lipinski definition) is 5. The number of methoxy groups -OCH3 is 1. The van der Waals surface area contributed by atoms with Crippen molar-refractivity contribution in [3.05, 3.63) is 16.0 Å². The van der Waals surface area contributed by atoms with Gasteiger partial charge in [0.25, 0.3) is 0 Å². The van der Waals surface area contributed by atoms with Gasteiger partial charge in [0.2, 0.25) is 5.91 Å². The third-order valence-corrected chi connectivity index (χ3v) is 5.21. The first-order chi connectivity index (χ1) is 11.1. The average Bonchev–Trinajstić information content (AvgIpc) is 3.07. The van der Waals surface area contributed by atoms with Crippen molar-refractivity contribution in [1.82, 2.24) is 5.32 Å². The van der Waals surface area contributed by atoms with Gasteiger partial charge in [0.15, 0.2) is 5.11 Å². The lowest BCUT2D eigenvalue weighted by Crippen LogP contribution is -2.34. The second kappa shape index (κ2) is 8.40. The largest absolute Gasteiger partial charge is 0.465 e. The summed E-state index contributed by atoms with van der Waals surface area (Å²) >= 11 is 6.71. The Bertz CT molecular complexity index is 611. The number of carbonyl (C=O) groups is 2. The highest BCUT2D eigenvalue weighted by Gasteiger charge is 2.27. The van der Waals surface area contributed by atoms with Gasteiger partial charge >= 0.3 is 5.97 Å². The van der Waals surface area contributed by atoms with Crippen LogP contribution in [0.1, 0.15) is 59.8 Å². The van der Waals surface area contributed by atoms with Gasteiger partial charge < -0.3 is 15.4 Å². The molecule has 1 aliphatic carbocycles. The molecule has 23 heavy (non-hydrogen) atoms. The second-order valence-electron chi connectivity index (χ2n) is 5.51. The van der Waals surface area contributed by atoms with Crippen LogP contribution in [0.15, 0.2) is 0 Å². The zero-order valence-electron chi connectivity index (χ0n) is 13.5. The van der Waals surface area contributed by atoms with Gasteiger partial charge in [-0.2, -0.15) is 0 Å². The number of hydrogen-bond donors (Lipinski definition) is 2. The summed E-state index contributed by atoms with van der Waals surface area (Å²) < 4.78 is 4.89. The Morgan fingerprint density at radius 1 is 1.30 bits per heavy atom. The fourth-order valence-electron chi connectivity index (χ4n) is 2.67. The zero-order valence-corrected chi connectivity index (χ0v) is 15.1. The summed E-state index contributed by atoms with van der Waals surface area (Å²) in [5.41, 5.74) is 1.62. The molecule has 1 amide bonds. The highest BCUT2D eigenvalue weighted by Crippen LogP contribution is 2.39. The number of thiophene rings is 1. The van der Waals surface area contributed by atoms with Gasteiger partial charge in [-0.05, 0) is 43.5 Å². The highest BCUT2D eigenvalue weighted by atomic mass is 32.1. The maximum atomic E-state index is 12.0. The SMILES string of the molecule is CCCCCC(=O)NC(=S)Nc1sc2c(c1C(=O)OC)CCC2. The van der Waals surface area contributed by atoms with Crippen molar-refractivity contribution in [3.8, 4) is 0 Å². The van der Waals surface area contributed by atoms with Crippen molar-refractivity contribution >= 4 is 45.5 Å². The molecule has 1 heterocycles. The summed E-state index contributed by atoms with van der Waals surface area (Å²) in [4.78, 5) is 25.1. The number of fused-ring (bicyclic) bond motifs is 1. The molecule has 1 aromatic rings. The predicted octanol–water partition coefficient (Wildman–Crippen LogP) is 3.42. The van der Waals surface area contributed by atoms with E-state index in [0.717, 1.165) is 44.1 Å². The third-order valence-electron chi connectivity index (χ3n) is 3.80. The number of thiocarbonyl (C=S) groups is 1. The Morgan fingerprint density at radius 2 is 2.09 bits per heavy atom. The number of ether oxygens (including phenoxy) is 1. The van der Waals surface area contributed by atoms with E-state index >= 15 is 0 Å². The molecule has 1 aliphatic rings. The van der Waals surface area contributed by atoms with E-state index in [0.29, 0.717) is 17.0 Å². The summed E-state index contributed by atoms with van der Waals surface area (Å²) in [6, 6.07) is 0. The molecule has 0 aliphatic heterocycles. The Hall–Kier alpha value is -1.47. The number of unbranched alkanes of at least 4 members (excludes halogenated alkanes) is 2. The minimum atomic E-state index is -0.357. The minimum Gasteiger partial charge on any atom is -0.465 e. The fourth-order valence-corrected chi connectivity index (χ4v) is 4.23. The van der Waals surface area contributed by atoms with Crippen LogP contribution in [0.25, 0.3) is 0 Å². The van der Waals surface area contributed by atoms with Crippen LogP contribution in [0.4, 0.5) is 5.00 Å². The number of aryl methyl sites for hydroxylation is 1. The lowest BCUT2D eigenvalue weighted by molar-refractivity contribution is -0.119. The summed E-state index contributed by atoms with van der Waals surface area (Å²) in [5.74, 6) is -0.455. The zero-order chi connectivity index (χ0) is 16.8. The number of carbonyl (C=O) groups excluding carboxylic acids is 2. The fraction of sp³-hybridized carbons (Fsp3) is 0.562. The van der Waals surface area contributed by atoms with E-state index in [-0.39, 0.29) is 17.0 Å². The maximum absolute atomic E-state index is 12.0. The Balaban J connectivity index is 2.01. The molecule has 0 spiro atoms. The average molecular weight is 354 g/mol. The van der Waals surface area contributed by atoms with Crippen LogP contribution >= 0.6 is 23.6 Å². The Kier molecular flexibility index (Phi) is 6.53. The molecular weight excluding hydrogens is 332 g/mol. The normalized spacial score (nSPS) is 12.6. The lowest BCUT2D eigenvalue weighted by atomic mass is 10.1. The van der Waals surface area contributed by atoms with Gasteiger partial charge in [0.05, 0.1) is 12.7 Å². The number of amides is 1. The standard InChI is InChI=1S/C16H22N2O3S2/c1-3-4-5-9-12(19)17-16(22)18-14-13(15(20)21-2)10-7-6-8-11(10)23-14/h3-9H2,1-2H3,(H2,17,18,19,22). The first-order valence-electron chi connectivity index (χ1n) is 7.90. The van der Waals surface area contributed by atoms with E-state index < -0.39 is 0 Å². The van der Waals surface area contributed by atoms with Crippen molar-refractivity contribution < 1.29 is 14.3 Å². The molecule has 2 rings (SSSR count). The molecule has 0 bridgehead atoms. The van der Waals surface area contributed by atoms with E-state index in [2.05, 4.69) is 17.6 Å². The van der Waals surface area contributed by atoms with E-state index in [1.54, 1.807) is 0 Å². The number of anilines is 1. The van der Waals surface area contributed by atoms with Gasteiger partial charge in [-0.25, -0.2) is 4.79 Å². The van der Waals surface area contributed by atoms with Crippen LogP contribution in [-0.4, -0.2) is 24.1 Å². The molecule has 0 unspecified atom stereocenters. The van der Waals surface area contributed by atoms with Crippen LogP contribution < -0.4 is 10.6 Å². The summed E-state index contributed by atoms with van der Waals surface area (Å²) in [7, 11) is 1.37. The molecule has 1 aromatic heterocycles. The molecule has 0 atom stereocenters. The van der Waals surface area contributed by atoms with Gasteiger partial charge in [0.1, 0.15) is 5.00 Å². The van der Waals surface area contributed by atoms with Crippen molar-refractivity contribution in [2.75, 3.05) is 12.4 Å². The highest BCUT2D eigenvalue weighted by molar-refractivity contribution is 7.80. The van der Waals surface area contributed by atoms with Crippen molar-refractivity contribution in [2.24, 2.45) is 0 Å². The lowest BCUT2D eigenvalue weighted by Gasteiger charge is -2.10. The first-order valence-corrected chi connectivity index (χ1v) is 9.13. The second-order valence-corrected chi connectivity index (χ2v) is 7.03. The molecule has 0 fully saturated rings. The number of esters is 1. The minimum absolute atomic E-state index is 0.0975. The van der Waals surface area contributed by atoms with Crippen molar-refractivity contribution in [1.29, 1.82) is 0 Å². The number of rotatable bonds is 6. The van der Waals surface area contributed by atoms with Crippen LogP contribution in [0.3, 0.4) is 0 Å². The molecule has 2 N–H and O–H groups in total. The third kappa shape index (κ3) is 4.51.